The minimum Gasteiger partial charge on any atom is -0.341 e. The first-order valence-corrected chi connectivity index (χ1v) is 2.46. The highest BCUT2D eigenvalue weighted by molar-refractivity contribution is 5.73. The van der Waals surface area contributed by atoms with Crippen molar-refractivity contribution in [2.75, 3.05) is 14.1 Å². The fourth-order valence-corrected chi connectivity index (χ4v) is 0.294. The zero-order chi connectivity index (χ0) is 6.57. The molecule has 0 aliphatic heterocycles. The summed E-state index contributed by atoms with van der Waals surface area (Å²) in [5.41, 5.74) is 0. The van der Waals surface area contributed by atoms with Gasteiger partial charge in [0.1, 0.15) is 0 Å². The number of amides is 2. The van der Waals surface area contributed by atoms with Crippen molar-refractivity contribution in [1.82, 2.24) is 10.2 Å². The molecule has 0 saturated heterocycles. The van der Waals surface area contributed by atoms with E-state index in [0.29, 0.717) is 0 Å². The largest absolute Gasteiger partial charge is 0.341 e. The second-order valence-electron chi connectivity index (χ2n) is 1.42. The van der Waals surface area contributed by atoms with Gasteiger partial charge < -0.3 is 10.2 Å². The van der Waals surface area contributed by atoms with Gasteiger partial charge in [-0.05, 0) is 6.92 Å². The lowest BCUT2D eigenvalue weighted by atomic mass is 10.6. The molecule has 1 N–H and O–H groups in total. The van der Waals surface area contributed by atoms with E-state index in [1.807, 2.05) is 0 Å². The second-order valence-corrected chi connectivity index (χ2v) is 1.42. The number of hydrogen-bond acceptors (Lipinski definition) is 1. The van der Waals surface area contributed by atoms with Gasteiger partial charge in [-0.1, -0.05) is 0 Å². The highest BCUT2D eigenvalue weighted by Gasteiger charge is 1.99. The molecule has 0 aromatic rings. The number of carbonyl (C=O) groups excluding carboxylic acids is 1. The van der Waals surface area contributed by atoms with E-state index in [2.05, 4.69) is 5.32 Å². The normalized spacial score (nSPS) is 8.38. The van der Waals surface area contributed by atoms with Crippen molar-refractivity contribution in [3.8, 4) is 0 Å². The quantitative estimate of drug-likeness (QED) is 0.528. The molecule has 3 nitrogen and oxygen atoms in total. The maximum Gasteiger partial charge on any atom is 0.317 e. The molecule has 0 aromatic heterocycles. The first-order valence-electron chi connectivity index (χ1n) is 2.46. The summed E-state index contributed by atoms with van der Waals surface area (Å²) in [6.45, 7) is 3.49. The lowest BCUT2D eigenvalue weighted by Crippen LogP contribution is -2.32. The predicted octanol–water partition coefficient (Wildman–Crippen LogP) is 0.439. The third-order valence-electron chi connectivity index (χ3n) is 0.922. The van der Waals surface area contributed by atoms with E-state index in [-0.39, 0.29) is 6.03 Å². The fraction of sp³-hybridized carbons (Fsp3) is 0.600. The van der Waals surface area contributed by atoms with Gasteiger partial charge >= 0.3 is 6.03 Å². The Kier molecular flexibility index (Phi) is 2.99. The first kappa shape index (κ1) is 7.27. The predicted molar refractivity (Wildman–Crippen MR) is 32.2 cm³/mol. The molecule has 1 radical (unpaired) electrons. The third kappa shape index (κ3) is 1.82. The Balaban J connectivity index is 3.46. The molecule has 0 spiro atoms. The van der Waals surface area contributed by atoms with Gasteiger partial charge in [0, 0.05) is 14.1 Å². The van der Waals surface area contributed by atoms with Crippen LogP contribution in [0.4, 0.5) is 4.79 Å². The molecule has 3 heteroatoms. The average molecular weight is 115 g/mol. The van der Waals surface area contributed by atoms with Gasteiger partial charge in [-0.3, -0.25) is 0 Å². The van der Waals surface area contributed by atoms with Gasteiger partial charge in [0.05, 0.1) is 6.54 Å². The summed E-state index contributed by atoms with van der Waals surface area (Å²) in [4.78, 5) is 12.0. The first-order chi connectivity index (χ1) is 3.72. The van der Waals surface area contributed by atoms with Crippen LogP contribution in [0.25, 0.3) is 0 Å². The Bertz CT molecular complexity index is 82.5. The van der Waals surface area contributed by atoms with E-state index in [9.17, 15) is 4.79 Å². The summed E-state index contributed by atoms with van der Waals surface area (Å²) in [5.74, 6) is 0. The lowest BCUT2D eigenvalue weighted by Gasteiger charge is -2.11. The molecule has 0 heterocycles. The molecule has 0 aromatic carbocycles. The van der Waals surface area contributed by atoms with E-state index in [1.54, 1.807) is 27.6 Å². The molecule has 0 rings (SSSR count). The Morgan fingerprint density at radius 1 is 1.75 bits per heavy atom. The Hall–Kier alpha value is -0.730. The van der Waals surface area contributed by atoms with Crippen LogP contribution in [-0.4, -0.2) is 25.0 Å². The maximum atomic E-state index is 10.5. The molecule has 0 atom stereocenters. The van der Waals surface area contributed by atoms with Crippen LogP contribution in [0.1, 0.15) is 6.92 Å². The Morgan fingerprint density at radius 3 is 2.38 bits per heavy atom. The molecule has 0 aliphatic carbocycles. The van der Waals surface area contributed by atoms with Crippen molar-refractivity contribution in [1.29, 1.82) is 0 Å². The van der Waals surface area contributed by atoms with Gasteiger partial charge in [0.15, 0.2) is 0 Å². The molecule has 0 aliphatic rings. The monoisotopic (exact) mass is 115 g/mol. The molecule has 0 unspecified atom stereocenters. The summed E-state index contributed by atoms with van der Waals surface area (Å²) < 4.78 is 0. The van der Waals surface area contributed by atoms with Crippen molar-refractivity contribution in [2.24, 2.45) is 0 Å². The van der Waals surface area contributed by atoms with E-state index in [0.717, 1.165) is 0 Å². The van der Waals surface area contributed by atoms with Crippen LogP contribution in [-0.2, 0) is 0 Å². The highest BCUT2D eigenvalue weighted by atomic mass is 16.2. The molecule has 47 valence electrons. The number of nitrogens with zero attached hydrogens (tertiary/aromatic N) is 1. The number of urea groups is 1. The number of rotatable bonds is 1. The molecule has 2 amide bonds. The third-order valence-corrected chi connectivity index (χ3v) is 0.922. The Morgan fingerprint density at radius 2 is 2.25 bits per heavy atom. The minimum absolute atomic E-state index is 0.0903. The zero-order valence-electron chi connectivity index (χ0n) is 5.43. The van der Waals surface area contributed by atoms with Crippen LogP contribution >= 0.6 is 0 Å². The smallest absolute Gasteiger partial charge is 0.317 e. The van der Waals surface area contributed by atoms with E-state index in [1.165, 1.54) is 4.90 Å². The van der Waals surface area contributed by atoms with E-state index < -0.39 is 0 Å². The molecular formula is C5H11N2O. The summed E-state index contributed by atoms with van der Waals surface area (Å²) in [5, 5.41) is 2.47. The van der Waals surface area contributed by atoms with Crippen LogP contribution in [0, 0.1) is 6.54 Å². The van der Waals surface area contributed by atoms with Crippen LogP contribution in [0.15, 0.2) is 0 Å². The van der Waals surface area contributed by atoms with E-state index in [4.69, 9.17) is 0 Å². The zero-order valence-corrected chi connectivity index (χ0v) is 5.43. The van der Waals surface area contributed by atoms with Crippen LogP contribution in [0.3, 0.4) is 0 Å². The van der Waals surface area contributed by atoms with Crippen molar-refractivity contribution >= 4 is 6.03 Å². The van der Waals surface area contributed by atoms with Gasteiger partial charge in [0.25, 0.3) is 0 Å². The summed E-state index contributed by atoms with van der Waals surface area (Å²) >= 11 is 0. The van der Waals surface area contributed by atoms with Gasteiger partial charge in [-0.15, -0.1) is 0 Å². The topological polar surface area (TPSA) is 32.3 Å². The Labute approximate surface area is 49.7 Å². The van der Waals surface area contributed by atoms with Crippen molar-refractivity contribution in [3.05, 3.63) is 6.54 Å². The summed E-state index contributed by atoms with van der Waals surface area (Å²) in [6.07, 6.45) is 0. The minimum atomic E-state index is -0.0903. The maximum absolute atomic E-state index is 10.5. The molecule has 0 bridgehead atoms. The van der Waals surface area contributed by atoms with Crippen molar-refractivity contribution in [2.45, 2.75) is 6.92 Å². The number of nitrogens with one attached hydrogen (secondary N) is 1. The molecule has 0 fully saturated rings. The summed E-state index contributed by atoms with van der Waals surface area (Å²) in [7, 11) is 3.29. The SMILES string of the molecule is C[CH]N(C)C(=O)NC. The van der Waals surface area contributed by atoms with Gasteiger partial charge in [-0.2, -0.15) is 0 Å². The fourth-order valence-electron chi connectivity index (χ4n) is 0.294. The molecule has 0 saturated carbocycles. The average Bonchev–Trinajstić information content (AvgIpc) is 1.84. The summed E-state index contributed by atoms with van der Waals surface area (Å²) in [6, 6.07) is -0.0903. The molecular weight excluding hydrogens is 104 g/mol. The standard InChI is InChI=1S/C5H11N2O/c1-4-7(3)5(8)6-2/h4H,1-3H3,(H,6,8). The van der Waals surface area contributed by atoms with Crippen molar-refractivity contribution in [3.63, 3.8) is 0 Å². The van der Waals surface area contributed by atoms with E-state index >= 15 is 0 Å². The molecule has 8 heavy (non-hydrogen) atoms. The van der Waals surface area contributed by atoms with Crippen LogP contribution < -0.4 is 5.32 Å². The lowest BCUT2D eigenvalue weighted by molar-refractivity contribution is 0.220. The number of hydrogen-bond donors (Lipinski definition) is 1. The van der Waals surface area contributed by atoms with Crippen molar-refractivity contribution < 1.29 is 4.79 Å². The van der Waals surface area contributed by atoms with Crippen LogP contribution in [0.5, 0.6) is 0 Å². The second kappa shape index (κ2) is 3.29. The van der Waals surface area contributed by atoms with Crippen LogP contribution in [0.2, 0.25) is 0 Å². The highest BCUT2D eigenvalue weighted by Crippen LogP contribution is 1.84. The number of carbonyl (C=O) groups is 1. The van der Waals surface area contributed by atoms with Gasteiger partial charge in [-0.25, -0.2) is 4.79 Å². The van der Waals surface area contributed by atoms with Gasteiger partial charge in [0.2, 0.25) is 0 Å².